The third-order valence-electron chi connectivity index (χ3n) is 3.86. The predicted octanol–water partition coefficient (Wildman–Crippen LogP) is 1.78. The van der Waals surface area contributed by atoms with Gasteiger partial charge in [0.1, 0.15) is 6.61 Å². The van der Waals surface area contributed by atoms with Crippen molar-refractivity contribution in [3.63, 3.8) is 0 Å². The van der Waals surface area contributed by atoms with Crippen LogP contribution in [0.3, 0.4) is 0 Å². The molecule has 3 rings (SSSR count). The van der Waals surface area contributed by atoms with Crippen LogP contribution in [0.1, 0.15) is 22.6 Å². The molecule has 2 aromatic rings. The average Bonchev–Trinajstić information content (AvgIpc) is 3.22. The summed E-state index contributed by atoms with van der Waals surface area (Å²) in [6, 6.07) is 2.06. The van der Waals surface area contributed by atoms with Gasteiger partial charge in [0.05, 0.1) is 17.7 Å². The van der Waals surface area contributed by atoms with Gasteiger partial charge >= 0.3 is 0 Å². The number of aromatic nitrogens is 1. The van der Waals surface area contributed by atoms with Crippen LogP contribution in [-0.4, -0.2) is 52.0 Å². The van der Waals surface area contributed by atoms with Crippen LogP contribution in [0.2, 0.25) is 0 Å². The molecule has 0 bridgehead atoms. The zero-order valence-electron chi connectivity index (χ0n) is 13.3. The van der Waals surface area contributed by atoms with Crippen LogP contribution in [0.25, 0.3) is 0 Å². The van der Waals surface area contributed by atoms with Gasteiger partial charge in [0.2, 0.25) is 5.91 Å². The topological polar surface area (TPSA) is 56.7 Å². The Labute approximate surface area is 149 Å². The molecule has 1 aliphatic rings. The van der Waals surface area contributed by atoms with Gasteiger partial charge in [-0.05, 0) is 6.07 Å². The maximum Gasteiger partial charge on any atom is 0.224 e. The normalized spacial score (nSPS) is 15.9. The highest BCUT2D eigenvalue weighted by atomic mass is 32.1. The molecule has 0 spiro atoms. The van der Waals surface area contributed by atoms with Crippen LogP contribution < -0.4 is 0 Å². The molecule has 7 heteroatoms. The molecule has 1 amide bonds. The van der Waals surface area contributed by atoms with Gasteiger partial charge in [-0.25, -0.2) is 4.98 Å². The first-order valence-electron chi connectivity index (χ1n) is 7.79. The SMILES string of the molecule is O=C1CCN(Cc2cc(C#CCO)cs2)CCN1Cc1cscn1. The van der Waals surface area contributed by atoms with Crippen molar-refractivity contribution in [1.29, 1.82) is 0 Å². The van der Waals surface area contributed by atoms with Gasteiger partial charge in [-0.3, -0.25) is 9.69 Å². The van der Waals surface area contributed by atoms with E-state index in [9.17, 15) is 4.79 Å². The van der Waals surface area contributed by atoms with Gasteiger partial charge in [0.15, 0.2) is 0 Å². The molecular weight excluding hydrogens is 342 g/mol. The van der Waals surface area contributed by atoms with Gasteiger partial charge in [-0.15, -0.1) is 22.7 Å². The summed E-state index contributed by atoms with van der Waals surface area (Å²) < 4.78 is 0. The molecule has 2 aromatic heterocycles. The lowest BCUT2D eigenvalue weighted by atomic mass is 10.3. The smallest absolute Gasteiger partial charge is 0.224 e. The van der Waals surface area contributed by atoms with E-state index in [4.69, 9.17) is 5.11 Å². The molecule has 3 heterocycles. The fourth-order valence-corrected chi connectivity index (χ4v) is 4.05. The van der Waals surface area contributed by atoms with Crippen molar-refractivity contribution in [1.82, 2.24) is 14.8 Å². The highest BCUT2D eigenvalue weighted by Crippen LogP contribution is 2.18. The Kier molecular flexibility index (Phi) is 5.99. The molecule has 1 fully saturated rings. The molecule has 0 aliphatic carbocycles. The summed E-state index contributed by atoms with van der Waals surface area (Å²) in [5.41, 5.74) is 3.71. The summed E-state index contributed by atoms with van der Waals surface area (Å²) in [4.78, 5) is 22.0. The molecule has 0 saturated carbocycles. The minimum atomic E-state index is -0.117. The molecule has 24 heavy (non-hydrogen) atoms. The standard InChI is InChI=1S/C17H19N3O2S2/c21-7-1-2-14-8-16(24-11-14)10-19-4-3-17(22)20(6-5-19)9-15-12-23-13-18-15/h8,11-13,21H,3-7,9-10H2. The summed E-state index contributed by atoms with van der Waals surface area (Å²) in [5, 5.41) is 12.8. The molecule has 0 radical (unpaired) electrons. The van der Waals surface area contributed by atoms with Crippen molar-refractivity contribution in [3.05, 3.63) is 38.5 Å². The average molecular weight is 361 g/mol. The van der Waals surface area contributed by atoms with Crippen molar-refractivity contribution in [3.8, 4) is 11.8 Å². The lowest BCUT2D eigenvalue weighted by Gasteiger charge is -2.21. The highest BCUT2D eigenvalue weighted by Gasteiger charge is 2.21. The van der Waals surface area contributed by atoms with Crippen molar-refractivity contribution in [2.45, 2.75) is 19.5 Å². The van der Waals surface area contributed by atoms with Crippen LogP contribution in [0.15, 0.2) is 22.3 Å². The van der Waals surface area contributed by atoms with Gasteiger partial charge in [-0.2, -0.15) is 0 Å². The van der Waals surface area contributed by atoms with Gasteiger partial charge in [0, 0.05) is 53.8 Å². The van der Waals surface area contributed by atoms with Crippen molar-refractivity contribution < 1.29 is 9.90 Å². The maximum absolute atomic E-state index is 12.3. The molecular formula is C17H19N3O2S2. The van der Waals surface area contributed by atoms with Gasteiger partial charge in [-0.1, -0.05) is 11.8 Å². The maximum atomic E-state index is 12.3. The molecule has 0 unspecified atom stereocenters. The van der Waals surface area contributed by atoms with E-state index in [1.165, 1.54) is 4.88 Å². The quantitative estimate of drug-likeness (QED) is 0.844. The van der Waals surface area contributed by atoms with E-state index in [2.05, 4.69) is 27.8 Å². The van der Waals surface area contributed by atoms with Crippen LogP contribution in [0.4, 0.5) is 0 Å². The minimum absolute atomic E-state index is 0.117. The fourth-order valence-electron chi connectivity index (χ4n) is 2.64. The summed E-state index contributed by atoms with van der Waals surface area (Å²) >= 11 is 3.23. The van der Waals surface area contributed by atoms with E-state index in [1.54, 1.807) is 28.2 Å². The van der Waals surface area contributed by atoms with Crippen molar-refractivity contribution in [2.75, 3.05) is 26.2 Å². The number of aliphatic hydroxyl groups excluding tert-OH is 1. The number of amides is 1. The first-order chi connectivity index (χ1) is 11.7. The number of aliphatic hydroxyl groups is 1. The zero-order valence-corrected chi connectivity index (χ0v) is 14.9. The Morgan fingerprint density at radius 1 is 1.25 bits per heavy atom. The monoisotopic (exact) mass is 361 g/mol. The van der Waals surface area contributed by atoms with E-state index in [0.717, 1.165) is 37.4 Å². The number of thiazole rings is 1. The first-order valence-corrected chi connectivity index (χ1v) is 9.61. The number of carbonyl (C=O) groups is 1. The lowest BCUT2D eigenvalue weighted by molar-refractivity contribution is -0.131. The molecule has 126 valence electrons. The summed E-state index contributed by atoms with van der Waals surface area (Å²) in [6.45, 7) is 3.71. The first kappa shape index (κ1) is 17.1. The molecule has 5 nitrogen and oxygen atoms in total. The molecule has 0 atom stereocenters. The third kappa shape index (κ3) is 4.65. The second kappa shape index (κ2) is 8.40. The molecule has 1 N–H and O–H groups in total. The van der Waals surface area contributed by atoms with Gasteiger partial charge in [0.25, 0.3) is 0 Å². The Hall–Kier alpha value is -1.72. The van der Waals surface area contributed by atoms with Crippen LogP contribution in [0.5, 0.6) is 0 Å². The summed E-state index contributed by atoms with van der Waals surface area (Å²) in [5.74, 6) is 5.79. The number of thiophene rings is 1. The second-order valence-electron chi connectivity index (χ2n) is 5.58. The number of hydrogen-bond acceptors (Lipinski definition) is 6. The molecule has 1 aliphatic heterocycles. The van der Waals surface area contributed by atoms with Crippen LogP contribution in [0, 0.1) is 11.8 Å². The van der Waals surface area contributed by atoms with Gasteiger partial charge < -0.3 is 10.0 Å². The Bertz CT molecular complexity index is 731. The van der Waals surface area contributed by atoms with E-state index in [1.807, 2.05) is 15.7 Å². The number of rotatable bonds is 4. The van der Waals surface area contributed by atoms with Crippen molar-refractivity contribution in [2.24, 2.45) is 0 Å². The van der Waals surface area contributed by atoms with E-state index >= 15 is 0 Å². The zero-order chi connectivity index (χ0) is 16.8. The number of carbonyl (C=O) groups excluding carboxylic acids is 1. The number of hydrogen-bond donors (Lipinski definition) is 1. The van der Waals surface area contributed by atoms with E-state index < -0.39 is 0 Å². The Morgan fingerprint density at radius 2 is 2.17 bits per heavy atom. The number of nitrogens with zero attached hydrogens (tertiary/aromatic N) is 3. The van der Waals surface area contributed by atoms with Crippen molar-refractivity contribution >= 4 is 28.6 Å². The Morgan fingerprint density at radius 3 is 2.96 bits per heavy atom. The molecule has 0 aromatic carbocycles. The van der Waals surface area contributed by atoms with Crippen LogP contribution >= 0.6 is 22.7 Å². The summed E-state index contributed by atoms with van der Waals surface area (Å²) in [6.07, 6.45) is 0.548. The predicted molar refractivity (Wildman–Crippen MR) is 95.7 cm³/mol. The minimum Gasteiger partial charge on any atom is -0.384 e. The third-order valence-corrected chi connectivity index (χ3v) is 5.42. The van der Waals surface area contributed by atoms with E-state index in [0.29, 0.717) is 13.0 Å². The second-order valence-corrected chi connectivity index (χ2v) is 7.30. The summed E-state index contributed by atoms with van der Waals surface area (Å²) in [7, 11) is 0. The fraction of sp³-hybridized carbons (Fsp3) is 0.412. The van der Waals surface area contributed by atoms with Crippen LogP contribution in [-0.2, 0) is 17.9 Å². The Balaban J connectivity index is 1.56. The molecule has 1 saturated heterocycles. The largest absolute Gasteiger partial charge is 0.384 e. The highest BCUT2D eigenvalue weighted by molar-refractivity contribution is 7.10. The lowest BCUT2D eigenvalue weighted by Crippen LogP contribution is -2.32. The van der Waals surface area contributed by atoms with E-state index in [-0.39, 0.29) is 12.5 Å².